The van der Waals surface area contributed by atoms with E-state index in [9.17, 15) is 0 Å². The Hall–Kier alpha value is -0.120. The molecule has 0 saturated carbocycles. The maximum Gasteiger partial charge on any atom is 0.0809 e. The van der Waals surface area contributed by atoms with Crippen molar-refractivity contribution in [2.24, 2.45) is 0 Å². The van der Waals surface area contributed by atoms with Crippen LogP contribution in [0.15, 0.2) is 0 Å². The molecule has 1 fully saturated rings. The van der Waals surface area contributed by atoms with Gasteiger partial charge < -0.3 is 14.8 Å². The van der Waals surface area contributed by atoms with Crippen molar-refractivity contribution in [2.45, 2.75) is 44.8 Å². The lowest BCUT2D eigenvalue weighted by atomic mass is 10.2. The Bertz CT molecular complexity index is 135. The Morgan fingerprint density at radius 1 is 1.57 bits per heavy atom. The van der Waals surface area contributed by atoms with Crippen molar-refractivity contribution in [3.05, 3.63) is 0 Å². The molecule has 14 heavy (non-hydrogen) atoms. The van der Waals surface area contributed by atoms with Gasteiger partial charge in [0.1, 0.15) is 0 Å². The summed E-state index contributed by atoms with van der Waals surface area (Å²) in [6.45, 7) is 4.69. The maximum atomic E-state index is 5.64. The van der Waals surface area contributed by atoms with Gasteiger partial charge in [0, 0.05) is 12.6 Å². The molecular formula is C11H23NO2. The maximum absolute atomic E-state index is 5.64. The van der Waals surface area contributed by atoms with E-state index in [0.717, 1.165) is 26.2 Å². The summed E-state index contributed by atoms with van der Waals surface area (Å²) >= 11 is 0. The minimum absolute atomic E-state index is 0.356. The molecule has 1 rings (SSSR count). The highest BCUT2D eigenvalue weighted by Gasteiger charge is 2.15. The molecule has 0 aromatic rings. The van der Waals surface area contributed by atoms with Crippen molar-refractivity contribution >= 4 is 0 Å². The van der Waals surface area contributed by atoms with Crippen LogP contribution in [0, 0.1) is 0 Å². The van der Waals surface area contributed by atoms with Gasteiger partial charge in [-0.15, -0.1) is 0 Å². The summed E-state index contributed by atoms with van der Waals surface area (Å²) < 4.78 is 11.1. The molecule has 0 aliphatic carbocycles. The molecule has 3 nitrogen and oxygen atoms in total. The zero-order valence-electron chi connectivity index (χ0n) is 9.42. The van der Waals surface area contributed by atoms with Crippen LogP contribution in [0.3, 0.4) is 0 Å². The van der Waals surface area contributed by atoms with Gasteiger partial charge in [-0.1, -0.05) is 13.3 Å². The van der Waals surface area contributed by atoms with Crippen LogP contribution in [0.5, 0.6) is 0 Å². The average Bonchev–Trinajstić information content (AvgIpc) is 2.69. The second-order valence-corrected chi connectivity index (χ2v) is 3.95. The summed E-state index contributed by atoms with van der Waals surface area (Å²) in [5, 5.41) is 3.26. The Morgan fingerprint density at radius 3 is 3.00 bits per heavy atom. The molecule has 0 amide bonds. The molecule has 0 aromatic heterocycles. The van der Waals surface area contributed by atoms with Gasteiger partial charge in [0.2, 0.25) is 0 Å². The third-order valence-corrected chi connectivity index (χ3v) is 2.69. The lowest BCUT2D eigenvalue weighted by molar-refractivity contribution is 0.0101. The first kappa shape index (κ1) is 12.0. The van der Waals surface area contributed by atoms with Gasteiger partial charge in [0.25, 0.3) is 0 Å². The monoisotopic (exact) mass is 201 g/mol. The molecule has 0 bridgehead atoms. The fourth-order valence-corrected chi connectivity index (χ4v) is 1.78. The van der Waals surface area contributed by atoms with Crippen LogP contribution in [-0.2, 0) is 9.47 Å². The topological polar surface area (TPSA) is 30.5 Å². The minimum Gasteiger partial charge on any atom is -0.377 e. The van der Waals surface area contributed by atoms with Gasteiger partial charge in [0.05, 0.1) is 19.3 Å². The highest BCUT2D eigenvalue weighted by atomic mass is 16.5. The van der Waals surface area contributed by atoms with Crippen LogP contribution in [0.4, 0.5) is 0 Å². The molecule has 1 saturated heterocycles. The number of ether oxygens (including phenoxy) is 2. The van der Waals surface area contributed by atoms with E-state index >= 15 is 0 Å². The molecule has 84 valence electrons. The highest BCUT2D eigenvalue weighted by molar-refractivity contribution is 4.66. The van der Waals surface area contributed by atoms with Crippen molar-refractivity contribution in [3.8, 4) is 0 Å². The molecule has 0 radical (unpaired) electrons. The zero-order valence-corrected chi connectivity index (χ0v) is 9.42. The molecule has 3 heteroatoms. The Morgan fingerprint density at radius 2 is 2.43 bits per heavy atom. The van der Waals surface area contributed by atoms with Crippen LogP contribution in [-0.4, -0.2) is 39.0 Å². The van der Waals surface area contributed by atoms with Gasteiger partial charge in [-0.25, -0.2) is 0 Å². The van der Waals surface area contributed by atoms with Crippen molar-refractivity contribution in [1.29, 1.82) is 0 Å². The summed E-state index contributed by atoms with van der Waals surface area (Å²) in [6.07, 6.45) is 5.10. The fourth-order valence-electron chi connectivity index (χ4n) is 1.78. The predicted octanol–water partition coefficient (Wildman–Crippen LogP) is 1.57. The van der Waals surface area contributed by atoms with E-state index in [1.54, 1.807) is 0 Å². The van der Waals surface area contributed by atoms with Gasteiger partial charge in [-0.3, -0.25) is 0 Å². The van der Waals surface area contributed by atoms with Gasteiger partial charge >= 0.3 is 0 Å². The van der Waals surface area contributed by atoms with E-state index in [4.69, 9.17) is 9.47 Å². The lowest BCUT2D eigenvalue weighted by Gasteiger charge is -2.17. The molecule has 0 spiro atoms. The number of hydrogen-bond donors (Lipinski definition) is 1. The Kier molecular flexibility index (Phi) is 6.15. The molecule has 1 aliphatic heterocycles. The highest BCUT2D eigenvalue weighted by Crippen LogP contribution is 2.12. The van der Waals surface area contributed by atoms with Gasteiger partial charge in [-0.2, -0.15) is 0 Å². The molecule has 1 heterocycles. The predicted molar refractivity (Wildman–Crippen MR) is 57.5 cm³/mol. The normalized spacial score (nSPS) is 24.0. The van der Waals surface area contributed by atoms with Crippen LogP contribution in [0.1, 0.15) is 32.6 Å². The van der Waals surface area contributed by atoms with Crippen molar-refractivity contribution in [2.75, 3.05) is 26.9 Å². The number of nitrogens with one attached hydrogen (secondary N) is 1. The van der Waals surface area contributed by atoms with Gasteiger partial charge in [-0.05, 0) is 26.3 Å². The summed E-state index contributed by atoms with van der Waals surface area (Å²) in [7, 11) is 2.00. The SMILES string of the molecule is CCCC(COCC1CCCO1)NC. The van der Waals surface area contributed by atoms with Crippen LogP contribution in [0.25, 0.3) is 0 Å². The molecule has 1 aliphatic rings. The molecule has 2 atom stereocenters. The third-order valence-electron chi connectivity index (χ3n) is 2.69. The van der Waals surface area contributed by atoms with Crippen molar-refractivity contribution in [3.63, 3.8) is 0 Å². The van der Waals surface area contributed by atoms with Crippen molar-refractivity contribution < 1.29 is 9.47 Å². The largest absolute Gasteiger partial charge is 0.377 e. The smallest absolute Gasteiger partial charge is 0.0809 e. The van der Waals surface area contributed by atoms with Crippen molar-refractivity contribution in [1.82, 2.24) is 5.32 Å². The summed E-state index contributed by atoms with van der Waals surface area (Å²) in [5.41, 5.74) is 0. The Labute approximate surface area is 87.2 Å². The summed E-state index contributed by atoms with van der Waals surface area (Å²) in [4.78, 5) is 0. The molecule has 1 N–H and O–H groups in total. The quantitative estimate of drug-likeness (QED) is 0.678. The van der Waals surface area contributed by atoms with E-state index in [1.807, 2.05) is 7.05 Å². The first-order valence-corrected chi connectivity index (χ1v) is 5.73. The fraction of sp³-hybridized carbons (Fsp3) is 1.00. The van der Waals surface area contributed by atoms with Gasteiger partial charge in [0.15, 0.2) is 0 Å². The second kappa shape index (κ2) is 7.21. The number of likely N-dealkylation sites (N-methyl/N-ethyl adjacent to an activating group) is 1. The van der Waals surface area contributed by atoms with Crippen LogP contribution >= 0.6 is 0 Å². The number of hydrogen-bond acceptors (Lipinski definition) is 3. The van der Waals surface area contributed by atoms with E-state index in [1.165, 1.54) is 19.3 Å². The van der Waals surface area contributed by atoms with E-state index in [0.29, 0.717) is 12.1 Å². The second-order valence-electron chi connectivity index (χ2n) is 3.95. The summed E-state index contributed by atoms with van der Waals surface area (Å²) in [5.74, 6) is 0. The lowest BCUT2D eigenvalue weighted by Crippen LogP contribution is -2.31. The molecule has 0 aromatic carbocycles. The molecular weight excluding hydrogens is 178 g/mol. The van der Waals surface area contributed by atoms with E-state index in [2.05, 4.69) is 12.2 Å². The molecule has 2 unspecified atom stereocenters. The minimum atomic E-state index is 0.356. The first-order valence-electron chi connectivity index (χ1n) is 5.73. The van der Waals surface area contributed by atoms with E-state index < -0.39 is 0 Å². The average molecular weight is 201 g/mol. The Balaban J connectivity index is 2.00. The number of rotatable bonds is 7. The zero-order chi connectivity index (χ0) is 10.2. The van der Waals surface area contributed by atoms with Crippen LogP contribution < -0.4 is 5.32 Å². The standard InChI is InChI=1S/C11H23NO2/c1-3-5-10(12-2)8-13-9-11-6-4-7-14-11/h10-12H,3-9H2,1-2H3. The van der Waals surface area contributed by atoms with Crippen LogP contribution in [0.2, 0.25) is 0 Å². The third kappa shape index (κ3) is 4.40. The summed E-state index contributed by atoms with van der Waals surface area (Å²) in [6, 6.07) is 0.501. The van der Waals surface area contributed by atoms with E-state index in [-0.39, 0.29) is 0 Å². The first-order chi connectivity index (χ1) is 6.86.